The van der Waals surface area contributed by atoms with Crippen molar-refractivity contribution in [3.8, 4) is 0 Å². The summed E-state index contributed by atoms with van der Waals surface area (Å²) in [6, 6.07) is 0. The maximum atomic E-state index is 3.46. The van der Waals surface area contributed by atoms with Crippen LogP contribution in [0.3, 0.4) is 0 Å². The van der Waals surface area contributed by atoms with Gasteiger partial charge in [0.15, 0.2) is 0 Å². The molecule has 0 radical (unpaired) electrons. The van der Waals surface area contributed by atoms with E-state index in [-0.39, 0.29) is 0 Å². The fourth-order valence-corrected chi connectivity index (χ4v) is 1.78. The zero-order valence-electron chi connectivity index (χ0n) is 8.23. The molecule has 1 heterocycles. The fraction of sp³-hybridized carbons (Fsp3) is 1.00. The lowest BCUT2D eigenvalue weighted by Gasteiger charge is -2.22. The Morgan fingerprint density at radius 3 is 2.67 bits per heavy atom. The van der Waals surface area contributed by atoms with Crippen LogP contribution in [-0.2, 0) is 0 Å². The number of rotatable bonds is 5. The van der Waals surface area contributed by atoms with E-state index in [4.69, 9.17) is 0 Å². The Morgan fingerprint density at radius 1 is 1.25 bits per heavy atom. The maximum Gasteiger partial charge on any atom is -0.00463 e. The minimum atomic E-state index is 0.982. The number of piperidine rings is 1. The lowest BCUT2D eigenvalue weighted by Crippen LogP contribution is -2.29. The Kier molecular flexibility index (Phi) is 5.37. The molecule has 2 N–H and O–H groups in total. The van der Waals surface area contributed by atoms with Crippen molar-refractivity contribution in [2.75, 3.05) is 26.2 Å². The van der Waals surface area contributed by atoms with Crippen LogP contribution in [0.4, 0.5) is 0 Å². The van der Waals surface area contributed by atoms with E-state index in [0.717, 1.165) is 5.92 Å². The number of hydrogen-bond donors (Lipinski definition) is 2. The molecule has 0 spiro atoms. The molecule has 0 aromatic rings. The Bertz CT molecular complexity index is 98.0. The molecular weight excluding hydrogens is 148 g/mol. The lowest BCUT2D eigenvalue weighted by atomic mass is 9.95. The molecule has 0 aliphatic carbocycles. The summed E-state index contributed by atoms with van der Waals surface area (Å²) in [5.41, 5.74) is 0. The molecule has 2 nitrogen and oxygen atoms in total. The van der Waals surface area contributed by atoms with Gasteiger partial charge in [0.25, 0.3) is 0 Å². The van der Waals surface area contributed by atoms with Gasteiger partial charge in [-0.05, 0) is 57.8 Å². The van der Waals surface area contributed by atoms with Gasteiger partial charge in [0.2, 0.25) is 0 Å². The van der Waals surface area contributed by atoms with Crippen LogP contribution < -0.4 is 10.6 Å². The van der Waals surface area contributed by atoms with Crippen molar-refractivity contribution < 1.29 is 0 Å². The molecule has 1 rings (SSSR count). The molecule has 1 aliphatic heterocycles. The molecule has 0 atom stereocenters. The standard InChI is InChI=1S/C10H22N2/c1-2-6-11-7-3-10-4-8-12-9-5-10/h10-12H,2-9H2,1H3. The number of hydrogen-bond acceptors (Lipinski definition) is 2. The third-order valence-electron chi connectivity index (χ3n) is 2.61. The van der Waals surface area contributed by atoms with Crippen LogP contribution in [0.5, 0.6) is 0 Å². The fourth-order valence-electron chi connectivity index (χ4n) is 1.78. The van der Waals surface area contributed by atoms with Gasteiger partial charge in [0, 0.05) is 0 Å². The monoisotopic (exact) mass is 170 g/mol. The van der Waals surface area contributed by atoms with Crippen LogP contribution in [0.2, 0.25) is 0 Å². The van der Waals surface area contributed by atoms with E-state index in [1.54, 1.807) is 0 Å². The maximum absolute atomic E-state index is 3.46. The van der Waals surface area contributed by atoms with Gasteiger partial charge in [-0.2, -0.15) is 0 Å². The summed E-state index contributed by atoms with van der Waals surface area (Å²) in [6.07, 6.45) is 5.40. The highest BCUT2D eigenvalue weighted by atomic mass is 14.9. The summed E-state index contributed by atoms with van der Waals surface area (Å²) >= 11 is 0. The van der Waals surface area contributed by atoms with Gasteiger partial charge in [-0.1, -0.05) is 6.92 Å². The van der Waals surface area contributed by atoms with E-state index in [1.807, 2.05) is 0 Å². The third kappa shape index (κ3) is 4.07. The molecule has 1 saturated heterocycles. The van der Waals surface area contributed by atoms with Crippen molar-refractivity contribution in [3.05, 3.63) is 0 Å². The summed E-state index contributed by atoms with van der Waals surface area (Å²) in [6.45, 7) is 7.10. The van der Waals surface area contributed by atoms with Gasteiger partial charge in [-0.15, -0.1) is 0 Å². The predicted octanol–water partition coefficient (Wildman–Crippen LogP) is 1.38. The van der Waals surface area contributed by atoms with Crippen molar-refractivity contribution in [3.63, 3.8) is 0 Å². The summed E-state index contributed by atoms with van der Waals surface area (Å²) < 4.78 is 0. The van der Waals surface area contributed by atoms with E-state index in [9.17, 15) is 0 Å². The van der Waals surface area contributed by atoms with Gasteiger partial charge in [-0.25, -0.2) is 0 Å². The van der Waals surface area contributed by atoms with Crippen LogP contribution in [0, 0.1) is 5.92 Å². The Balaban J connectivity index is 1.91. The highest BCUT2D eigenvalue weighted by Crippen LogP contribution is 2.14. The molecule has 0 saturated carbocycles. The van der Waals surface area contributed by atoms with Gasteiger partial charge in [0.1, 0.15) is 0 Å². The first-order valence-corrected chi connectivity index (χ1v) is 5.35. The molecule has 12 heavy (non-hydrogen) atoms. The van der Waals surface area contributed by atoms with Crippen molar-refractivity contribution in [2.45, 2.75) is 32.6 Å². The topological polar surface area (TPSA) is 24.1 Å². The molecule has 1 aliphatic rings. The van der Waals surface area contributed by atoms with Crippen LogP contribution in [0.1, 0.15) is 32.6 Å². The molecule has 0 unspecified atom stereocenters. The normalized spacial score (nSPS) is 19.8. The zero-order chi connectivity index (χ0) is 8.65. The Morgan fingerprint density at radius 2 is 2.00 bits per heavy atom. The largest absolute Gasteiger partial charge is 0.317 e. The molecular formula is C10H22N2. The summed E-state index contributed by atoms with van der Waals surface area (Å²) in [4.78, 5) is 0. The second-order valence-electron chi connectivity index (χ2n) is 3.73. The SMILES string of the molecule is CCCNCCC1CCNCC1. The average molecular weight is 170 g/mol. The van der Waals surface area contributed by atoms with Crippen molar-refractivity contribution in [2.24, 2.45) is 5.92 Å². The van der Waals surface area contributed by atoms with Crippen LogP contribution in [-0.4, -0.2) is 26.2 Å². The molecule has 72 valence electrons. The van der Waals surface area contributed by atoms with Gasteiger partial charge < -0.3 is 10.6 Å². The van der Waals surface area contributed by atoms with Gasteiger partial charge in [-0.3, -0.25) is 0 Å². The second kappa shape index (κ2) is 6.44. The van der Waals surface area contributed by atoms with Gasteiger partial charge >= 0.3 is 0 Å². The van der Waals surface area contributed by atoms with E-state index < -0.39 is 0 Å². The number of nitrogens with one attached hydrogen (secondary N) is 2. The average Bonchev–Trinajstić information content (AvgIpc) is 2.14. The van der Waals surface area contributed by atoms with E-state index in [2.05, 4.69) is 17.6 Å². The Labute approximate surface area is 76.1 Å². The second-order valence-corrected chi connectivity index (χ2v) is 3.73. The third-order valence-corrected chi connectivity index (χ3v) is 2.61. The van der Waals surface area contributed by atoms with E-state index in [0.29, 0.717) is 0 Å². The predicted molar refractivity (Wildman–Crippen MR) is 53.4 cm³/mol. The first-order valence-electron chi connectivity index (χ1n) is 5.35. The van der Waals surface area contributed by atoms with Crippen molar-refractivity contribution >= 4 is 0 Å². The molecule has 2 heteroatoms. The highest BCUT2D eigenvalue weighted by Gasteiger charge is 2.11. The molecule has 0 bridgehead atoms. The molecule has 0 amide bonds. The summed E-state index contributed by atoms with van der Waals surface area (Å²) in [5.74, 6) is 0.982. The van der Waals surface area contributed by atoms with Crippen LogP contribution in [0.25, 0.3) is 0 Å². The first-order chi connectivity index (χ1) is 5.93. The van der Waals surface area contributed by atoms with Gasteiger partial charge in [0.05, 0.1) is 0 Å². The first kappa shape index (κ1) is 10.0. The quantitative estimate of drug-likeness (QED) is 0.609. The summed E-state index contributed by atoms with van der Waals surface area (Å²) in [5, 5.41) is 6.86. The molecule has 0 aromatic heterocycles. The van der Waals surface area contributed by atoms with E-state index >= 15 is 0 Å². The minimum absolute atomic E-state index is 0.982. The lowest BCUT2D eigenvalue weighted by molar-refractivity contribution is 0.348. The van der Waals surface area contributed by atoms with Crippen molar-refractivity contribution in [1.29, 1.82) is 0 Å². The Hall–Kier alpha value is -0.0800. The highest BCUT2D eigenvalue weighted by molar-refractivity contribution is 4.69. The summed E-state index contributed by atoms with van der Waals surface area (Å²) in [7, 11) is 0. The zero-order valence-corrected chi connectivity index (χ0v) is 8.23. The molecule has 0 aromatic carbocycles. The smallest absolute Gasteiger partial charge is 0.00463 e. The van der Waals surface area contributed by atoms with Crippen molar-refractivity contribution in [1.82, 2.24) is 10.6 Å². The minimum Gasteiger partial charge on any atom is -0.317 e. The molecule has 1 fully saturated rings. The van der Waals surface area contributed by atoms with Crippen LogP contribution in [0.15, 0.2) is 0 Å². The van der Waals surface area contributed by atoms with E-state index in [1.165, 1.54) is 51.9 Å². The van der Waals surface area contributed by atoms with Crippen LogP contribution >= 0.6 is 0 Å².